The topological polar surface area (TPSA) is 69.7 Å². The summed E-state index contributed by atoms with van der Waals surface area (Å²) in [5.74, 6) is -0.256. The van der Waals surface area contributed by atoms with Gasteiger partial charge in [-0.25, -0.2) is 8.42 Å². The van der Waals surface area contributed by atoms with Crippen LogP contribution in [-0.4, -0.2) is 46.3 Å². The van der Waals surface area contributed by atoms with E-state index in [1.54, 1.807) is 12.1 Å². The third-order valence-electron chi connectivity index (χ3n) is 5.70. The van der Waals surface area contributed by atoms with Gasteiger partial charge < -0.3 is 10.2 Å². The Bertz CT molecular complexity index is 1010. The number of hydrogen-bond acceptors (Lipinski definition) is 4. The molecule has 0 fully saturated rings. The van der Waals surface area contributed by atoms with Crippen molar-refractivity contribution in [3.63, 3.8) is 0 Å². The summed E-state index contributed by atoms with van der Waals surface area (Å²) in [7, 11) is -3.61. The molecule has 3 rings (SSSR count). The number of benzene rings is 2. The molecule has 1 heterocycles. The Balaban J connectivity index is 1.62. The normalized spacial score (nSPS) is 14.6. The lowest BCUT2D eigenvalue weighted by molar-refractivity contribution is -0.122. The van der Waals surface area contributed by atoms with Crippen LogP contribution in [0.1, 0.15) is 37.3 Å². The van der Waals surface area contributed by atoms with E-state index in [4.69, 9.17) is 0 Å². The predicted molar refractivity (Wildman–Crippen MR) is 127 cm³/mol. The number of sulfonamides is 1. The van der Waals surface area contributed by atoms with E-state index in [1.807, 2.05) is 26.0 Å². The molecule has 7 heteroatoms. The molecular formula is C24H33N3O3S. The quantitative estimate of drug-likeness (QED) is 0.602. The van der Waals surface area contributed by atoms with E-state index in [2.05, 4.69) is 34.5 Å². The van der Waals surface area contributed by atoms with Gasteiger partial charge in [0.25, 0.3) is 0 Å². The Morgan fingerprint density at radius 1 is 1.19 bits per heavy atom. The fourth-order valence-corrected chi connectivity index (χ4v) is 5.47. The molecule has 2 aromatic carbocycles. The molecule has 1 atom stereocenters. The largest absolute Gasteiger partial charge is 0.371 e. The van der Waals surface area contributed by atoms with Gasteiger partial charge in [0.2, 0.25) is 15.9 Å². The van der Waals surface area contributed by atoms with Crippen LogP contribution in [0.5, 0.6) is 0 Å². The Labute approximate surface area is 186 Å². The van der Waals surface area contributed by atoms with Crippen molar-refractivity contribution >= 4 is 27.3 Å². The third kappa shape index (κ3) is 5.79. The molecule has 0 bridgehead atoms. The van der Waals surface area contributed by atoms with Crippen LogP contribution in [0, 0.1) is 6.92 Å². The summed E-state index contributed by atoms with van der Waals surface area (Å²) in [6.45, 7) is 6.14. The molecule has 0 saturated carbocycles. The lowest BCUT2D eigenvalue weighted by Gasteiger charge is -2.32. The monoisotopic (exact) mass is 443 g/mol. The maximum absolute atomic E-state index is 12.9. The molecular weight excluding hydrogens is 410 g/mol. The minimum Gasteiger partial charge on any atom is -0.371 e. The molecule has 1 N–H and O–H groups in total. The van der Waals surface area contributed by atoms with E-state index in [1.165, 1.54) is 15.6 Å². The fourth-order valence-electron chi connectivity index (χ4n) is 4.27. The molecule has 1 aliphatic rings. The standard InChI is InChI=1S/C24H33N3O3S/c1-4-22(27(31(3,29)30)21-13-7-10-19(2)18-21)24(28)25-15-9-17-26-16-8-12-20-11-5-6-14-23(20)26/h5-7,10-11,13-14,18,22H,4,8-9,12,15-17H2,1-3H3,(H,25,28)/t22-/m1/s1. The van der Waals surface area contributed by atoms with Gasteiger partial charge in [0, 0.05) is 25.3 Å². The predicted octanol–water partition coefficient (Wildman–Crippen LogP) is 3.50. The molecule has 168 valence electrons. The fraction of sp³-hybridized carbons (Fsp3) is 0.458. The molecule has 0 aliphatic carbocycles. The van der Waals surface area contributed by atoms with Gasteiger partial charge in [-0.15, -0.1) is 0 Å². The van der Waals surface area contributed by atoms with Crippen LogP contribution in [0.4, 0.5) is 11.4 Å². The second-order valence-electron chi connectivity index (χ2n) is 8.19. The summed E-state index contributed by atoms with van der Waals surface area (Å²) in [6, 6.07) is 15.0. The molecule has 0 saturated heterocycles. The van der Waals surface area contributed by atoms with Gasteiger partial charge in [-0.05, 0) is 61.9 Å². The van der Waals surface area contributed by atoms with Gasteiger partial charge in [0.1, 0.15) is 6.04 Å². The molecule has 6 nitrogen and oxygen atoms in total. The van der Waals surface area contributed by atoms with Crippen molar-refractivity contribution in [2.45, 2.75) is 45.6 Å². The lowest BCUT2D eigenvalue weighted by atomic mass is 10.0. The number of carbonyl (C=O) groups excluding carboxylic acids is 1. The highest BCUT2D eigenvalue weighted by Gasteiger charge is 2.31. The average molecular weight is 444 g/mol. The van der Waals surface area contributed by atoms with Gasteiger partial charge in [-0.1, -0.05) is 37.3 Å². The third-order valence-corrected chi connectivity index (χ3v) is 6.88. The number of para-hydroxylation sites is 1. The van der Waals surface area contributed by atoms with E-state index >= 15 is 0 Å². The smallest absolute Gasteiger partial charge is 0.243 e. The highest BCUT2D eigenvalue weighted by atomic mass is 32.2. The van der Waals surface area contributed by atoms with E-state index in [0.717, 1.165) is 44.2 Å². The van der Waals surface area contributed by atoms with E-state index in [-0.39, 0.29) is 5.91 Å². The number of rotatable bonds is 9. The van der Waals surface area contributed by atoms with Crippen molar-refractivity contribution in [3.05, 3.63) is 59.7 Å². The average Bonchev–Trinajstić information content (AvgIpc) is 2.74. The van der Waals surface area contributed by atoms with Gasteiger partial charge in [-0.2, -0.15) is 0 Å². The Hall–Kier alpha value is -2.54. The molecule has 0 spiro atoms. The van der Waals surface area contributed by atoms with Crippen LogP contribution in [0.15, 0.2) is 48.5 Å². The van der Waals surface area contributed by atoms with Crippen molar-refractivity contribution in [2.24, 2.45) is 0 Å². The van der Waals surface area contributed by atoms with Crippen LogP contribution in [0.25, 0.3) is 0 Å². The SMILES string of the molecule is CC[C@H](C(=O)NCCCN1CCCc2ccccc21)N(c1cccc(C)c1)S(C)(=O)=O. The van der Waals surface area contributed by atoms with Crippen molar-refractivity contribution in [1.82, 2.24) is 5.32 Å². The second kappa shape index (κ2) is 10.2. The first-order valence-electron chi connectivity index (χ1n) is 11.0. The lowest BCUT2D eigenvalue weighted by Crippen LogP contribution is -2.49. The molecule has 1 amide bonds. The van der Waals surface area contributed by atoms with E-state index in [0.29, 0.717) is 18.7 Å². The van der Waals surface area contributed by atoms with Gasteiger partial charge in [0.15, 0.2) is 0 Å². The van der Waals surface area contributed by atoms with Gasteiger partial charge in [-0.3, -0.25) is 9.10 Å². The van der Waals surface area contributed by atoms with E-state index < -0.39 is 16.1 Å². The first-order chi connectivity index (χ1) is 14.8. The first kappa shape index (κ1) is 23.1. The first-order valence-corrected chi connectivity index (χ1v) is 12.8. The minimum atomic E-state index is -3.61. The number of anilines is 2. The Kier molecular flexibility index (Phi) is 7.59. The number of nitrogens with one attached hydrogen (secondary N) is 1. The Morgan fingerprint density at radius 3 is 2.68 bits per heavy atom. The van der Waals surface area contributed by atoms with E-state index in [9.17, 15) is 13.2 Å². The van der Waals surface area contributed by atoms with Crippen LogP contribution in [0.3, 0.4) is 0 Å². The molecule has 1 aliphatic heterocycles. The van der Waals surface area contributed by atoms with Crippen molar-refractivity contribution in [2.75, 3.05) is 35.1 Å². The number of amides is 1. The number of hydrogen-bond donors (Lipinski definition) is 1. The summed E-state index contributed by atoms with van der Waals surface area (Å²) in [5.41, 5.74) is 4.14. The van der Waals surface area contributed by atoms with Crippen molar-refractivity contribution < 1.29 is 13.2 Å². The van der Waals surface area contributed by atoms with Crippen LogP contribution in [-0.2, 0) is 21.2 Å². The van der Waals surface area contributed by atoms with Crippen LogP contribution < -0.4 is 14.5 Å². The minimum absolute atomic E-state index is 0.256. The molecule has 2 aromatic rings. The summed E-state index contributed by atoms with van der Waals surface area (Å²) < 4.78 is 26.3. The van der Waals surface area contributed by atoms with Gasteiger partial charge in [0.05, 0.1) is 11.9 Å². The Morgan fingerprint density at radius 2 is 1.97 bits per heavy atom. The summed E-state index contributed by atoms with van der Waals surface area (Å²) in [6.07, 6.45) is 4.61. The molecule has 0 radical (unpaired) electrons. The molecule has 0 unspecified atom stereocenters. The number of aryl methyl sites for hydroxylation is 2. The summed E-state index contributed by atoms with van der Waals surface area (Å²) >= 11 is 0. The molecule has 0 aromatic heterocycles. The van der Waals surface area contributed by atoms with Crippen molar-refractivity contribution in [3.8, 4) is 0 Å². The highest BCUT2D eigenvalue weighted by molar-refractivity contribution is 7.92. The summed E-state index contributed by atoms with van der Waals surface area (Å²) in [5, 5.41) is 2.96. The maximum atomic E-state index is 12.9. The van der Waals surface area contributed by atoms with Gasteiger partial charge >= 0.3 is 0 Å². The molecule has 31 heavy (non-hydrogen) atoms. The zero-order valence-electron chi connectivity index (χ0n) is 18.7. The highest BCUT2D eigenvalue weighted by Crippen LogP contribution is 2.26. The number of carbonyl (C=O) groups is 1. The maximum Gasteiger partial charge on any atom is 0.243 e. The van der Waals surface area contributed by atoms with Crippen LogP contribution in [0.2, 0.25) is 0 Å². The zero-order chi connectivity index (χ0) is 22.4. The zero-order valence-corrected chi connectivity index (χ0v) is 19.5. The second-order valence-corrected chi connectivity index (χ2v) is 10.0. The number of nitrogens with zero attached hydrogens (tertiary/aromatic N) is 2. The van der Waals surface area contributed by atoms with Crippen molar-refractivity contribution in [1.29, 1.82) is 0 Å². The number of fused-ring (bicyclic) bond motifs is 1. The summed E-state index contributed by atoms with van der Waals surface area (Å²) in [4.78, 5) is 15.3. The van der Waals surface area contributed by atoms with Crippen LogP contribution >= 0.6 is 0 Å².